The molecular weight excluding hydrogens is 292 g/mol. The van der Waals surface area contributed by atoms with Gasteiger partial charge in [-0.25, -0.2) is 9.59 Å². The Hall–Kier alpha value is -2.33. The van der Waals surface area contributed by atoms with Crippen LogP contribution in [0.1, 0.15) is 22.0 Å². The summed E-state index contributed by atoms with van der Waals surface area (Å²) in [6.45, 7) is 0. The van der Waals surface area contributed by atoms with Crippen molar-refractivity contribution in [2.75, 3.05) is 7.11 Å². The maximum atomic E-state index is 12.1. The molecule has 0 saturated carbocycles. The predicted molar refractivity (Wildman–Crippen MR) is 78.1 cm³/mol. The van der Waals surface area contributed by atoms with Crippen LogP contribution < -0.4 is 0 Å². The van der Waals surface area contributed by atoms with E-state index in [1.807, 2.05) is 0 Å². The molecule has 1 unspecified atom stereocenters. The Bertz CT molecular complexity index is 640. The van der Waals surface area contributed by atoms with Crippen molar-refractivity contribution >= 4 is 23.5 Å². The molecule has 1 atom stereocenters. The topological polar surface area (TPSA) is 52.6 Å². The second-order valence-electron chi connectivity index (χ2n) is 4.20. The second kappa shape index (κ2) is 6.90. The van der Waals surface area contributed by atoms with Gasteiger partial charge in [-0.15, -0.1) is 0 Å². The zero-order valence-electron chi connectivity index (χ0n) is 11.3. The molecule has 0 aliphatic rings. The molecule has 0 spiro atoms. The summed E-state index contributed by atoms with van der Waals surface area (Å²) in [5, 5.41) is 0.328. The van der Waals surface area contributed by atoms with Crippen molar-refractivity contribution < 1.29 is 19.1 Å². The fraction of sp³-hybridized carbons (Fsp3) is 0.125. The van der Waals surface area contributed by atoms with Crippen molar-refractivity contribution in [3.05, 3.63) is 70.7 Å². The number of methoxy groups -OCH3 is 1. The highest BCUT2D eigenvalue weighted by Gasteiger charge is 2.28. The third-order valence-electron chi connectivity index (χ3n) is 2.84. The number of hydrogen-bond acceptors (Lipinski definition) is 4. The van der Waals surface area contributed by atoms with Crippen LogP contribution >= 0.6 is 11.6 Å². The van der Waals surface area contributed by atoms with Gasteiger partial charge in [0, 0.05) is 10.6 Å². The minimum atomic E-state index is -1.20. The molecule has 0 aliphatic heterocycles. The van der Waals surface area contributed by atoms with Gasteiger partial charge in [0.1, 0.15) is 0 Å². The lowest BCUT2D eigenvalue weighted by atomic mass is 10.1. The minimum absolute atomic E-state index is 0.328. The first-order chi connectivity index (χ1) is 10.1. The zero-order chi connectivity index (χ0) is 15.2. The van der Waals surface area contributed by atoms with Crippen LogP contribution in [0.25, 0.3) is 0 Å². The molecule has 0 bridgehead atoms. The number of carbonyl (C=O) groups is 2. The van der Waals surface area contributed by atoms with Crippen molar-refractivity contribution in [1.82, 2.24) is 0 Å². The van der Waals surface area contributed by atoms with E-state index in [-0.39, 0.29) is 0 Å². The van der Waals surface area contributed by atoms with Crippen molar-refractivity contribution in [3.63, 3.8) is 0 Å². The minimum Gasteiger partial charge on any atom is -0.466 e. The zero-order valence-corrected chi connectivity index (χ0v) is 12.0. The summed E-state index contributed by atoms with van der Waals surface area (Å²) in [4.78, 5) is 24.0. The van der Waals surface area contributed by atoms with Gasteiger partial charge in [0.15, 0.2) is 0 Å². The molecule has 0 saturated heterocycles. The Morgan fingerprint density at radius 2 is 1.62 bits per heavy atom. The van der Waals surface area contributed by atoms with Crippen LogP contribution in [0.2, 0.25) is 5.02 Å². The second-order valence-corrected chi connectivity index (χ2v) is 4.60. The molecule has 4 nitrogen and oxygen atoms in total. The molecule has 0 aliphatic carbocycles. The van der Waals surface area contributed by atoms with Crippen molar-refractivity contribution in [2.24, 2.45) is 0 Å². The maximum absolute atomic E-state index is 12.1. The summed E-state index contributed by atoms with van der Waals surface area (Å²) in [6.07, 6.45) is -1.20. The van der Waals surface area contributed by atoms with Crippen LogP contribution in [-0.4, -0.2) is 19.0 Å². The van der Waals surface area contributed by atoms with Crippen LogP contribution in [0.4, 0.5) is 0 Å². The monoisotopic (exact) mass is 304 g/mol. The van der Waals surface area contributed by atoms with Gasteiger partial charge in [-0.2, -0.15) is 0 Å². The third kappa shape index (κ3) is 3.61. The molecule has 0 aromatic heterocycles. The van der Waals surface area contributed by atoms with E-state index in [1.165, 1.54) is 7.11 Å². The fourth-order valence-electron chi connectivity index (χ4n) is 1.78. The van der Waals surface area contributed by atoms with Crippen LogP contribution in [-0.2, 0) is 14.3 Å². The first kappa shape index (κ1) is 15.1. The Morgan fingerprint density at radius 3 is 2.24 bits per heavy atom. The third-order valence-corrected chi connectivity index (χ3v) is 3.18. The van der Waals surface area contributed by atoms with Crippen LogP contribution in [0.15, 0.2) is 54.6 Å². The summed E-state index contributed by atoms with van der Waals surface area (Å²) in [5.41, 5.74) is 0.730. The first-order valence-corrected chi connectivity index (χ1v) is 6.59. The van der Waals surface area contributed by atoms with E-state index in [4.69, 9.17) is 16.3 Å². The number of ether oxygens (including phenoxy) is 2. The van der Waals surface area contributed by atoms with E-state index < -0.39 is 18.0 Å². The Labute approximate surface area is 127 Å². The average Bonchev–Trinajstić information content (AvgIpc) is 2.53. The number of halogens is 1. The Kier molecular flexibility index (Phi) is 4.95. The molecule has 0 N–H and O–H groups in total. The van der Waals surface area contributed by atoms with Crippen molar-refractivity contribution in [1.29, 1.82) is 0 Å². The van der Waals surface area contributed by atoms with E-state index in [0.717, 1.165) is 0 Å². The van der Waals surface area contributed by atoms with E-state index in [0.29, 0.717) is 16.1 Å². The number of rotatable bonds is 4. The van der Waals surface area contributed by atoms with Crippen molar-refractivity contribution in [3.8, 4) is 0 Å². The molecule has 2 aromatic carbocycles. The van der Waals surface area contributed by atoms with E-state index >= 15 is 0 Å². The fourth-order valence-corrected chi connectivity index (χ4v) is 2.02. The van der Waals surface area contributed by atoms with Gasteiger partial charge in [-0.1, -0.05) is 48.0 Å². The highest BCUT2D eigenvalue weighted by molar-refractivity contribution is 6.31. The predicted octanol–water partition coefficient (Wildman–Crippen LogP) is 3.41. The summed E-state index contributed by atoms with van der Waals surface area (Å²) in [7, 11) is 1.22. The lowest BCUT2D eigenvalue weighted by Crippen LogP contribution is -2.21. The van der Waals surface area contributed by atoms with Crippen LogP contribution in [0.5, 0.6) is 0 Å². The molecule has 0 heterocycles. The first-order valence-electron chi connectivity index (χ1n) is 6.21. The molecule has 108 valence electrons. The molecule has 21 heavy (non-hydrogen) atoms. The molecule has 0 amide bonds. The van der Waals surface area contributed by atoms with Gasteiger partial charge >= 0.3 is 11.9 Å². The highest BCUT2D eigenvalue weighted by atomic mass is 35.5. The Morgan fingerprint density at radius 1 is 1.00 bits per heavy atom. The Balaban J connectivity index is 2.28. The standard InChI is InChI=1S/C16H13ClO4/c1-20-16(19)14(12-9-5-6-10-13(12)17)21-15(18)11-7-3-2-4-8-11/h2-10,14H,1H3. The molecule has 5 heteroatoms. The van der Waals surface area contributed by atoms with E-state index in [9.17, 15) is 9.59 Å². The molecular formula is C16H13ClO4. The smallest absolute Gasteiger partial charge is 0.352 e. The van der Waals surface area contributed by atoms with Gasteiger partial charge < -0.3 is 9.47 Å². The lowest BCUT2D eigenvalue weighted by Gasteiger charge is -2.17. The van der Waals surface area contributed by atoms with Crippen molar-refractivity contribution in [2.45, 2.75) is 6.10 Å². The number of esters is 2. The molecule has 2 rings (SSSR count). The molecule has 0 fully saturated rings. The van der Waals surface area contributed by atoms with Crippen LogP contribution in [0, 0.1) is 0 Å². The normalized spacial score (nSPS) is 11.5. The van der Waals surface area contributed by atoms with Gasteiger partial charge in [0.2, 0.25) is 6.10 Å². The van der Waals surface area contributed by atoms with Gasteiger partial charge in [-0.3, -0.25) is 0 Å². The summed E-state index contributed by atoms with van der Waals surface area (Å²) in [6, 6.07) is 15.0. The maximum Gasteiger partial charge on any atom is 0.352 e. The number of hydrogen-bond donors (Lipinski definition) is 0. The molecule has 2 aromatic rings. The van der Waals surface area contributed by atoms with Gasteiger partial charge in [-0.05, 0) is 18.2 Å². The lowest BCUT2D eigenvalue weighted by molar-refractivity contribution is -0.151. The summed E-state index contributed by atoms with van der Waals surface area (Å²) < 4.78 is 9.94. The van der Waals surface area contributed by atoms with E-state index in [1.54, 1.807) is 54.6 Å². The van der Waals surface area contributed by atoms with Crippen LogP contribution in [0.3, 0.4) is 0 Å². The average molecular weight is 305 g/mol. The summed E-state index contributed by atoms with van der Waals surface area (Å²) >= 11 is 6.05. The van der Waals surface area contributed by atoms with E-state index in [2.05, 4.69) is 4.74 Å². The highest BCUT2D eigenvalue weighted by Crippen LogP contribution is 2.27. The van der Waals surface area contributed by atoms with Gasteiger partial charge in [0.05, 0.1) is 12.7 Å². The van der Waals surface area contributed by atoms with Gasteiger partial charge in [0.25, 0.3) is 0 Å². The largest absolute Gasteiger partial charge is 0.466 e. The molecule has 0 radical (unpaired) electrons. The number of benzene rings is 2. The SMILES string of the molecule is COC(=O)C(OC(=O)c1ccccc1)c1ccccc1Cl. The summed E-state index contributed by atoms with van der Waals surface area (Å²) in [5.74, 6) is -1.31. The number of carbonyl (C=O) groups excluding carboxylic acids is 2. The quantitative estimate of drug-likeness (QED) is 0.812.